The molecular formula is C10H9F3N4. The first-order valence-corrected chi connectivity index (χ1v) is 5.08. The highest BCUT2D eigenvalue weighted by Gasteiger charge is 2.35. The predicted molar refractivity (Wildman–Crippen MR) is 53.2 cm³/mol. The van der Waals surface area contributed by atoms with E-state index in [0.29, 0.717) is 24.4 Å². The van der Waals surface area contributed by atoms with Crippen LogP contribution in [-0.4, -0.2) is 26.5 Å². The van der Waals surface area contributed by atoms with Crippen LogP contribution in [0.1, 0.15) is 17.0 Å². The lowest BCUT2D eigenvalue weighted by Crippen LogP contribution is -2.15. The first-order chi connectivity index (χ1) is 7.97. The van der Waals surface area contributed by atoms with E-state index in [1.165, 1.54) is 6.20 Å². The van der Waals surface area contributed by atoms with Crippen molar-refractivity contribution in [1.82, 2.24) is 19.5 Å². The van der Waals surface area contributed by atoms with Gasteiger partial charge in [0.05, 0.1) is 5.69 Å². The highest BCUT2D eigenvalue weighted by atomic mass is 19.4. The lowest BCUT2D eigenvalue weighted by atomic mass is 10.3. The fraction of sp³-hybridized carbons (Fsp3) is 0.400. The number of fused-ring (bicyclic) bond motifs is 3. The van der Waals surface area contributed by atoms with Crippen molar-refractivity contribution in [2.24, 2.45) is 0 Å². The first kappa shape index (κ1) is 10.5. The maximum atomic E-state index is 12.8. The van der Waals surface area contributed by atoms with Gasteiger partial charge < -0.3 is 0 Å². The molecule has 3 rings (SSSR count). The van der Waals surface area contributed by atoms with E-state index in [0.717, 1.165) is 16.1 Å². The number of hydrogen-bond donors (Lipinski definition) is 0. The summed E-state index contributed by atoms with van der Waals surface area (Å²) < 4.78 is 39.2. The summed E-state index contributed by atoms with van der Waals surface area (Å²) >= 11 is 0. The van der Waals surface area contributed by atoms with Gasteiger partial charge in [-0.2, -0.15) is 18.3 Å². The summed E-state index contributed by atoms with van der Waals surface area (Å²) in [6.45, 7) is 1.16. The average Bonchev–Trinajstić information content (AvgIpc) is 2.71. The van der Waals surface area contributed by atoms with Crippen molar-refractivity contribution in [1.29, 1.82) is 0 Å². The molecular weight excluding hydrogens is 233 g/mol. The van der Waals surface area contributed by atoms with E-state index in [2.05, 4.69) is 10.1 Å². The Morgan fingerprint density at radius 1 is 1.29 bits per heavy atom. The molecule has 0 atom stereocenters. The SMILES string of the molecule is CN1Cc2nn3c(C(F)(F)F)ccnc3c2C1. The zero-order valence-corrected chi connectivity index (χ0v) is 8.99. The van der Waals surface area contributed by atoms with Crippen LogP contribution in [0.15, 0.2) is 12.3 Å². The molecule has 2 aromatic heterocycles. The van der Waals surface area contributed by atoms with Gasteiger partial charge in [-0.15, -0.1) is 0 Å². The normalized spacial score (nSPS) is 16.7. The lowest BCUT2D eigenvalue weighted by Gasteiger charge is -2.09. The molecule has 17 heavy (non-hydrogen) atoms. The summed E-state index contributed by atoms with van der Waals surface area (Å²) in [5.41, 5.74) is 0.994. The van der Waals surface area contributed by atoms with Gasteiger partial charge in [0.2, 0.25) is 0 Å². The largest absolute Gasteiger partial charge is 0.433 e. The molecule has 0 saturated carbocycles. The minimum absolute atomic E-state index is 0.305. The van der Waals surface area contributed by atoms with Crippen LogP contribution in [0.3, 0.4) is 0 Å². The van der Waals surface area contributed by atoms with Gasteiger partial charge in [0.15, 0.2) is 5.65 Å². The molecule has 0 spiro atoms. The molecule has 1 aliphatic heterocycles. The van der Waals surface area contributed by atoms with Crippen LogP contribution in [0.5, 0.6) is 0 Å². The first-order valence-electron chi connectivity index (χ1n) is 5.08. The van der Waals surface area contributed by atoms with Crippen LogP contribution in [0.25, 0.3) is 5.65 Å². The van der Waals surface area contributed by atoms with Gasteiger partial charge in [-0.1, -0.05) is 0 Å². The van der Waals surface area contributed by atoms with Crippen molar-refractivity contribution in [3.8, 4) is 0 Å². The highest BCUT2D eigenvalue weighted by Crippen LogP contribution is 2.31. The van der Waals surface area contributed by atoms with E-state index in [4.69, 9.17) is 0 Å². The molecule has 90 valence electrons. The second kappa shape index (κ2) is 3.19. The van der Waals surface area contributed by atoms with E-state index in [-0.39, 0.29) is 0 Å². The Labute approximate surface area is 94.7 Å². The predicted octanol–water partition coefficient (Wildman–Crippen LogP) is 1.69. The standard InChI is InChI=1S/C10H9F3N4/c1-16-4-6-7(5-16)15-17-8(10(11,12)13)2-3-14-9(6)17/h2-3H,4-5H2,1H3. The second-order valence-corrected chi connectivity index (χ2v) is 4.16. The Bertz CT molecular complexity index is 587. The summed E-state index contributed by atoms with van der Waals surface area (Å²) in [5, 5.41) is 4.00. The number of alkyl halides is 3. The number of rotatable bonds is 0. The summed E-state index contributed by atoms with van der Waals surface area (Å²) in [6.07, 6.45) is -3.23. The molecule has 0 fully saturated rings. The number of halogens is 3. The van der Waals surface area contributed by atoms with E-state index >= 15 is 0 Å². The van der Waals surface area contributed by atoms with E-state index in [1.807, 2.05) is 11.9 Å². The summed E-state index contributed by atoms with van der Waals surface area (Å²) in [4.78, 5) is 5.98. The number of aromatic nitrogens is 3. The van der Waals surface area contributed by atoms with E-state index < -0.39 is 11.9 Å². The third-order valence-electron chi connectivity index (χ3n) is 2.84. The Morgan fingerprint density at radius 2 is 2.06 bits per heavy atom. The summed E-state index contributed by atoms with van der Waals surface area (Å²) in [7, 11) is 1.89. The zero-order valence-electron chi connectivity index (χ0n) is 8.99. The van der Waals surface area contributed by atoms with Crippen molar-refractivity contribution in [3.05, 3.63) is 29.2 Å². The summed E-state index contributed by atoms with van der Waals surface area (Å²) in [6, 6.07) is 0.943. The Morgan fingerprint density at radius 3 is 2.76 bits per heavy atom. The van der Waals surface area contributed by atoms with Crippen LogP contribution < -0.4 is 0 Å². The Kier molecular flexibility index (Phi) is 1.97. The van der Waals surface area contributed by atoms with Crippen LogP contribution in [-0.2, 0) is 19.3 Å². The molecule has 0 radical (unpaired) electrons. The highest BCUT2D eigenvalue weighted by molar-refractivity contribution is 5.52. The Balaban J connectivity index is 2.27. The topological polar surface area (TPSA) is 33.4 Å². The van der Waals surface area contributed by atoms with Crippen LogP contribution in [0.4, 0.5) is 13.2 Å². The average molecular weight is 242 g/mol. The third kappa shape index (κ3) is 1.49. The van der Waals surface area contributed by atoms with Crippen molar-refractivity contribution < 1.29 is 13.2 Å². The second-order valence-electron chi connectivity index (χ2n) is 4.16. The molecule has 7 heteroatoms. The van der Waals surface area contributed by atoms with Crippen LogP contribution >= 0.6 is 0 Å². The quantitative estimate of drug-likeness (QED) is 0.705. The fourth-order valence-corrected chi connectivity index (χ4v) is 2.12. The van der Waals surface area contributed by atoms with Gasteiger partial charge in [-0.05, 0) is 13.1 Å². The van der Waals surface area contributed by atoms with Crippen molar-refractivity contribution in [3.63, 3.8) is 0 Å². The van der Waals surface area contributed by atoms with Gasteiger partial charge in [-0.25, -0.2) is 9.50 Å². The maximum absolute atomic E-state index is 12.8. The van der Waals surface area contributed by atoms with Crippen LogP contribution in [0.2, 0.25) is 0 Å². The minimum Gasteiger partial charge on any atom is -0.296 e. The van der Waals surface area contributed by atoms with E-state index in [1.54, 1.807) is 0 Å². The van der Waals surface area contributed by atoms with Crippen molar-refractivity contribution >= 4 is 5.65 Å². The number of nitrogens with zero attached hydrogens (tertiary/aromatic N) is 4. The number of hydrogen-bond acceptors (Lipinski definition) is 3. The molecule has 0 N–H and O–H groups in total. The van der Waals surface area contributed by atoms with Gasteiger partial charge in [-0.3, -0.25) is 4.90 Å². The molecule has 2 aromatic rings. The van der Waals surface area contributed by atoms with E-state index in [9.17, 15) is 13.2 Å². The Hall–Kier alpha value is -1.63. The van der Waals surface area contributed by atoms with Crippen LogP contribution in [0, 0.1) is 0 Å². The zero-order chi connectivity index (χ0) is 12.2. The lowest BCUT2D eigenvalue weighted by molar-refractivity contribution is -0.142. The van der Waals surface area contributed by atoms with Crippen molar-refractivity contribution in [2.75, 3.05) is 7.05 Å². The van der Waals surface area contributed by atoms with Gasteiger partial charge in [0, 0.05) is 24.8 Å². The van der Waals surface area contributed by atoms with Gasteiger partial charge in [0.25, 0.3) is 0 Å². The molecule has 4 nitrogen and oxygen atoms in total. The fourth-order valence-electron chi connectivity index (χ4n) is 2.12. The smallest absolute Gasteiger partial charge is 0.296 e. The molecule has 1 aliphatic rings. The molecule has 0 aromatic carbocycles. The molecule has 0 unspecified atom stereocenters. The monoisotopic (exact) mass is 242 g/mol. The minimum atomic E-state index is -4.41. The van der Waals surface area contributed by atoms with Gasteiger partial charge >= 0.3 is 6.18 Å². The molecule has 0 amide bonds. The van der Waals surface area contributed by atoms with Crippen molar-refractivity contribution in [2.45, 2.75) is 19.3 Å². The maximum Gasteiger partial charge on any atom is 0.433 e. The molecule has 3 heterocycles. The van der Waals surface area contributed by atoms with Gasteiger partial charge in [0.1, 0.15) is 5.69 Å². The third-order valence-corrected chi connectivity index (χ3v) is 2.84. The molecule has 0 saturated heterocycles. The summed E-state index contributed by atoms with van der Waals surface area (Å²) in [5.74, 6) is 0. The molecule has 0 bridgehead atoms. The molecule has 0 aliphatic carbocycles.